The lowest BCUT2D eigenvalue weighted by molar-refractivity contribution is 0.0528. The Balaban J connectivity index is 2.00. The van der Waals surface area contributed by atoms with Crippen LogP contribution in [0.5, 0.6) is 0 Å². The molecule has 1 atom stereocenters. The first-order chi connectivity index (χ1) is 9.40. The van der Waals surface area contributed by atoms with E-state index in [1.54, 1.807) is 12.4 Å². The third-order valence-corrected chi connectivity index (χ3v) is 2.78. The molecule has 1 heterocycles. The summed E-state index contributed by atoms with van der Waals surface area (Å²) < 4.78 is 0. The van der Waals surface area contributed by atoms with Crippen molar-refractivity contribution in [2.45, 2.75) is 25.9 Å². The molecule has 0 N–H and O–H groups in total. The van der Waals surface area contributed by atoms with Crippen molar-refractivity contribution in [2.24, 2.45) is 5.16 Å². The Hall–Kier alpha value is -2.16. The molecule has 0 saturated heterocycles. The molecule has 2 aromatic rings. The first kappa shape index (κ1) is 13.3. The van der Waals surface area contributed by atoms with Crippen molar-refractivity contribution in [2.75, 3.05) is 0 Å². The monoisotopic (exact) mass is 254 g/mol. The average Bonchev–Trinajstić information content (AvgIpc) is 2.48. The first-order valence-corrected chi connectivity index (χ1v) is 6.55. The van der Waals surface area contributed by atoms with Crippen molar-refractivity contribution >= 4 is 6.21 Å². The Morgan fingerprint density at radius 2 is 1.95 bits per heavy atom. The van der Waals surface area contributed by atoms with Gasteiger partial charge in [0.2, 0.25) is 0 Å². The molecule has 0 aliphatic rings. The lowest BCUT2D eigenvalue weighted by Gasteiger charge is -2.14. The number of oxime groups is 1. The fraction of sp³-hybridized carbons (Fsp3) is 0.250. The lowest BCUT2D eigenvalue weighted by atomic mass is 10.1. The number of hydrogen-bond acceptors (Lipinski definition) is 3. The van der Waals surface area contributed by atoms with Crippen LogP contribution in [0.1, 0.15) is 37.1 Å². The summed E-state index contributed by atoms with van der Waals surface area (Å²) in [4.78, 5) is 9.77. The first-order valence-electron chi connectivity index (χ1n) is 6.55. The van der Waals surface area contributed by atoms with Gasteiger partial charge in [0.25, 0.3) is 0 Å². The highest BCUT2D eigenvalue weighted by Crippen LogP contribution is 2.22. The Morgan fingerprint density at radius 1 is 1.16 bits per heavy atom. The van der Waals surface area contributed by atoms with Gasteiger partial charge in [0.05, 0.1) is 11.9 Å². The maximum absolute atomic E-state index is 5.60. The smallest absolute Gasteiger partial charge is 0.152 e. The number of nitrogens with zero attached hydrogens (tertiary/aromatic N) is 2. The molecule has 3 nitrogen and oxygen atoms in total. The highest BCUT2D eigenvalue weighted by atomic mass is 16.6. The van der Waals surface area contributed by atoms with Crippen LogP contribution in [0.15, 0.2) is 59.9 Å². The second kappa shape index (κ2) is 7.31. The summed E-state index contributed by atoms with van der Waals surface area (Å²) in [5.41, 5.74) is 1.95. The van der Waals surface area contributed by atoms with Crippen LogP contribution in [0.25, 0.3) is 0 Å². The molecule has 0 bridgehead atoms. The normalized spacial score (nSPS) is 12.5. The predicted molar refractivity (Wildman–Crippen MR) is 77.0 cm³/mol. The SMILES string of the molecule is CCC[C@H](O/N=C/c1ccccn1)c1ccccc1. The lowest BCUT2D eigenvalue weighted by Crippen LogP contribution is -2.00. The van der Waals surface area contributed by atoms with Crippen molar-refractivity contribution < 1.29 is 4.84 Å². The zero-order valence-electron chi connectivity index (χ0n) is 11.1. The summed E-state index contributed by atoms with van der Waals surface area (Å²) in [6, 6.07) is 15.9. The van der Waals surface area contributed by atoms with Crippen LogP contribution in [0, 0.1) is 0 Å². The summed E-state index contributed by atoms with van der Waals surface area (Å²) in [6.07, 6.45) is 5.39. The van der Waals surface area contributed by atoms with E-state index in [4.69, 9.17) is 4.84 Å². The molecular weight excluding hydrogens is 236 g/mol. The van der Waals surface area contributed by atoms with Crippen molar-refractivity contribution in [1.82, 2.24) is 4.98 Å². The predicted octanol–water partition coefficient (Wildman–Crippen LogP) is 3.97. The molecule has 0 saturated carbocycles. The summed E-state index contributed by atoms with van der Waals surface area (Å²) in [5.74, 6) is 0. The van der Waals surface area contributed by atoms with E-state index in [2.05, 4.69) is 29.2 Å². The van der Waals surface area contributed by atoms with Crippen LogP contribution < -0.4 is 0 Å². The van der Waals surface area contributed by atoms with Crippen LogP contribution in [-0.2, 0) is 4.84 Å². The van der Waals surface area contributed by atoms with Gasteiger partial charge in [-0.25, -0.2) is 0 Å². The van der Waals surface area contributed by atoms with E-state index in [-0.39, 0.29) is 6.10 Å². The summed E-state index contributed by atoms with van der Waals surface area (Å²) in [5, 5.41) is 4.05. The van der Waals surface area contributed by atoms with Gasteiger partial charge >= 0.3 is 0 Å². The quantitative estimate of drug-likeness (QED) is 0.577. The van der Waals surface area contributed by atoms with E-state index in [0.717, 1.165) is 24.1 Å². The van der Waals surface area contributed by atoms with E-state index >= 15 is 0 Å². The zero-order valence-corrected chi connectivity index (χ0v) is 11.1. The van der Waals surface area contributed by atoms with Crippen molar-refractivity contribution in [3.8, 4) is 0 Å². The minimum absolute atomic E-state index is 0.00571. The Morgan fingerprint density at radius 3 is 2.63 bits per heavy atom. The number of aromatic nitrogens is 1. The molecule has 0 aliphatic carbocycles. The van der Waals surface area contributed by atoms with E-state index in [0.29, 0.717) is 0 Å². The van der Waals surface area contributed by atoms with Gasteiger partial charge in [-0.3, -0.25) is 4.98 Å². The molecule has 0 unspecified atom stereocenters. The van der Waals surface area contributed by atoms with E-state index in [1.165, 1.54) is 0 Å². The van der Waals surface area contributed by atoms with Crippen molar-refractivity contribution in [3.05, 3.63) is 66.0 Å². The van der Waals surface area contributed by atoms with Crippen LogP contribution in [0.3, 0.4) is 0 Å². The molecule has 98 valence electrons. The number of hydrogen-bond donors (Lipinski definition) is 0. The highest BCUT2D eigenvalue weighted by Gasteiger charge is 2.10. The molecule has 0 radical (unpaired) electrons. The van der Waals surface area contributed by atoms with Crippen LogP contribution >= 0.6 is 0 Å². The van der Waals surface area contributed by atoms with Crippen molar-refractivity contribution in [1.29, 1.82) is 0 Å². The van der Waals surface area contributed by atoms with Gasteiger partial charge in [0.15, 0.2) is 6.10 Å². The summed E-state index contributed by atoms with van der Waals surface area (Å²) >= 11 is 0. The third kappa shape index (κ3) is 4.21. The molecular formula is C16H18N2O. The Kier molecular flexibility index (Phi) is 5.11. The molecule has 1 aromatic heterocycles. The van der Waals surface area contributed by atoms with Gasteiger partial charge in [-0.1, -0.05) is 54.9 Å². The largest absolute Gasteiger partial charge is 0.388 e. The van der Waals surface area contributed by atoms with Gasteiger partial charge in [0, 0.05) is 6.20 Å². The number of pyridine rings is 1. The fourth-order valence-corrected chi connectivity index (χ4v) is 1.82. The number of rotatable bonds is 6. The van der Waals surface area contributed by atoms with Gasteiger partial charge in [-0.05, 0) is 24.1 Å². The highest BCUT2D eigenvalue weighted by molar-refractivity contribution is 5.76. The standard InChI is InChI=1S/C16H18N2O/c1-2-8-16(14-9-4-3-5-10-14)19-18-13-15-11-6-7-12-17-15/h3-7,9-13,16H,2,8H2,1H3/b18-13+/t16-/m0/s1. The molecule has 0 spiro atoms. The zero-order chi connectivity index (χ0) is 13.3. The topological polar surface area (TPSA) is 34.5 Å². The molecule has 1 aromatic carbocycles. The maximum Gasteiger partial charge on any atom is 0.152 e. The molecule has 3 heteroatoms. The molecule has 0 amide bonds. The van der Waals surface area contributed by atoms with E-state index in [9.17, 15) is 0 Å². The molecule has 19 heavy (non-hydrogen) atoms. The Labute approximate surface area is 113 Å². The van der Waals surface area contributed by atoms with Gasteiger partial charge in [0.1, 0.15) is 0 Å². The maximum atomic E-state index is 5.60. The van der Waals surface area contributed by atoms with E-state index in [1.807, 2.05) is 36.4 Å². The molecule has 0 fully saturated rings. The molecule has 2 rings (SSSR count). The molecule has 0 aliphatic heterocycles. The second-order valence-electron chi connectivity index (χ2n) is 4.28. The van der Waals surface area contributed by atoms with Gasteiger partial charge in [-0.2, -0.15) is 0 Å². The number of benzene rings is 1. The minimum Gasteiger partial charge on any atom is -0.388 e. The fourth-order valence-electron chi connectivity index (χ4n) is 1.82. The van der Waals surface area contributed by atoms with Gasteiger partial charge < -0.3 is 4.84 Å². The Bertz CT molecular complexity index is 497. The third-order valence-electron chi connectivity index (χ3n) is 2.78. The van der Waals surface area contributed by atoms with Gasteiger partial charge in [-0.15, -0.1) is 0 Å². The average molecular weight is 254 g/mol. The van der Waals surface area contributed by atoms with Crippen molar-refractivity contribution in [3.63, 3.8) is 0 Å². The van der Waals surface area contributed by atoms with Crippen LogP contribution in [0.4, 0.5) is 0 Å². The summed E-state index contributed by atoms with van der Waals surface area (Å²) in [7, 11) is 0. The van der Waals surface area contributed by atoms with Crippen LogP contribution in [-0.4, -0.2) is 11.2 Å². The summed E-state index contributed by atoms with van der Waals surface area (Å²) in [6.45, 7) is 2.14. The van der Waals surface area contributed by atoms with Crippen LogP contribution in [0.2, 0.25) is 0 Å². The minimum atomic E-state index is 0.00571. The van der Waals surface area contributed by atoms with E-state index < -0.39 is 0 Å². The second-order valence-corrected chi connectivity index (χ2v) is 4.28.